The number of hydrogen-bond donors (Lipinski definition) is 0. The maximum atomic E-state index is 13.2. The molecule has 0 radical (unpaired) electrons. The van der Waals surface area contributed by atoms with Crippen LogP contribution in [0.3, 0.4) is 0 Å². The van der Waals surface area contributed by atoms with Crippen LogP contribution in [0.25, 0.3) is 6.08 Å². The number of furan rings is 1. The number of halogens is 3. The first-order chi connectivity index (χ1) is 13.2. The number of amides is 1. The van der Waals surface area contributed by atoms with Crippen LogP contribution in [0.5, 0.6) is 0 Å². The SMILES string of the molecule is O=C(/C=C/c1ccco1)N1CCN(S(=O)(=O)c2ccccc2C(F)(F)F)CC1. The minimum atomic E-state index is -4.78. The average molecular weight is 414 g/mol. The van der Waals surface area contributed by atoms with Gasteiger partial charge in [-0.25, -0.2) is 8.42 Å². The van der Waals surface area contributed by atoms with Crippen LogP contribution in [0, 0.1) is 0 Å². The largest absolute Gasteiger partial charge is 0.465 e. The third-order valence-corrected chi connectivity index (χ3v) is 6.25. The lowest BCUT2D eigenvalue weighted by atomic mass is 10.2. The molecule has 2 heterocycles. The second-order valence-electron chi connectivity index (χ2n) is 6.07. The molecule has 0 aliphatic carbocycles. The molecule has 0 N–H and O–H groups in total. The van der Waals surface area contributed by atoms with Crippen molar-refractivity contribution in [3.63, 3.8) is 0 Å². The molecule has 0 saturated carbocycles. The van der Waals surface area contributed by atoms with Crippen molar-refractivity contribution in [3.8, 4) is 0 Å². The normalized spacial score (nSPS) is 16.6. The van der Waals surface area contributed by atoms with Gasteiger partial charge in [0, 0.05) is 32.3 Å². The first-order valence-corrected chi connectivity index (χ1v) is 9.80. The number of piperazine rings is 1. The molecular weight excluding hydrogens is 397 g/mol. The highest BCUT2D eigenvalue weighted by molar-refractivity contribution is 7.89. The summed E-state index contributed by atoms with van der Waals surface area (Å²) in [6.45, 7) is -0.0206. The van der Waals surface area contributed by atoms with Gasteiger partial charge in [0.1, 0.15) is 5.76 Å². The van der Waals surface area contributed by atoms with E-state index >= 15 is 0 Å². The summed E-state index contributed by atoms with van der Waals surface area (Å²) >= 11 is 0. The average Bonchev–Trinajstić information content (AvgIpc) is 3.19. The molecule has 1 aliphatic heterocycles. The van der Waals surface area contributed by atoms with E-state index in [2.05, 4.69) is 0 Å². The highest BCUT2D eigenvalue weighted by Gasteiger charge is 2.39. The molecule has 28 heavy (non-hydrogen) atoms. The van der Waals surface area contributed by atoms with Crippen LogP contribution in [0.4, 0.5) is 13.2 Å². The van der Waals surface area contributed by atoms with Crippen molar-refractivity contribution in [1.82, 2.24) is 9.21 Å². The summed E-state index contributed by atoms with van der Waals surface area (Å²) in [5.74, 6) is 0.169. The van der Waals surface area contributed by atoms with Crippen molar-refractivity contribution in [2.24, 2.45) is 0 Å². The molecule has 10 heteroatoms. The molecule has 0 bridgehead atoms. The highest BCUT2D eigenvalue weighted by atomic mass is 32.2. The number of rotatable bonds is 4. The molecule has 0 atom stereocenters. The van der Waals surface area contributed by atoms with E-state index in [9.17, 15) is 26.4 Å². The molecule has 3 rings (SSSR count). The van der Waals surface area contributed by atoms with Gasteiger partial charge in [0.15, 0.2) is 0 Å². The van der Waals surface area contributed by atoms with Crippen LogP contribution < -0.4 is 0 Å². The molecule has 1 fully saturated rings. The zero-order valence-corrected chi connectivity index (χ0v) is 15.4. The van der Waals surface area contributed by atoms with Crippen LogP contribution in [0.1, 0.15) is 11.3 Å². The van der Waals surface area contributed by atoms with Gasteiger partial charge in [-0.1, -0.05) is 12.1 Å². The quantitative estimate of drug-likeness (QED) is 0.722. The maximum Gasteiger partial charge on any atom is 0.417 e. The van der Waals surface area contributed by atoms with Crippen molar-refractivity contribution >= 4 is 22.0 Å². The fraction of sp³-hybridized carbons (Fsp3) is 0.278. The molecule has 6 nitrogen and oxygen atoms in total. The first kappa shape index (κ1) is 20.2. The van der Waals surface area contributed by atoms with Gasteiger partial charge in [0.2, 0.25) is 15.9 Å². The van der Waals surface area contributed by atoms with E-state index in [4.69, 9.17) is 4.42 Å². The topological polar surface area (TPSA) is 70.8 Å². The Morgan fingerprint density at radius 2 is 1.71 bits per heavy atom. The Morgan fingerprint density at radius 1 is 1.04 bits per heavy atom. The van der Waals surface area contributed by atoms with Gasteiger partial charge >= 0.3 is 6.18 Å². The van der Waals surface area contributed by atoms with Crippen LogP contribution in [-0.4, -0.2) is 49.7 Å². The summed E-state index contributed by atoms with van der Waals surface area (Å²) < 4.78 is 71.0. The number of alkyl halides is 3. The van der Waals surface area contributed by atoms with E-state index in [0.717, 1.165) is 22.5 Å². The molecule has 1 aromatic heterocycles. The highest BCUT2D eigenvalue weighted by Crippen LogP contribution is 2.35. The summed E-state index contributed by atoms with van der Waals surface area (Å²) in [4.78, 5) is 12.8. The maximum absolute atomic E-state index is 13.2. The third-order valence-electron chi connectivity index (χ3n) is 4.29. The van der Waals surface area contributed by atoms with Crippen LogP contribution in [0.15, 0.2) is 58.1 Å². The van der Waals surface area contributed by atoms with E-state index < -0.39 is 26.7 Å². The monoisotopic (exact) mass is 414 g/mol. The second-order valence-corrected chi connectivity index (χ2v) is 7.98. The first-order valence-electron chi connectivity index (χ1n) is 8.36. The molecular formula is C18H17F3N2O4S. The van der Waals surface area contributed by atoms with Gasteiger partial charge in [0.05, 0.1) is 16.7 Å². The lowest BCUT2D eigenvalue weighted by Crippen LogP contribution is -2.50. The standard InChI is InChI=1S/C18H17F3N2O4S/c19-18(20,21)15-5-1-2-6-16(15)28(25,26)23-11-9-22(10-12-23)17(24)8-7-14-4-3-13-27-14/h1-8,13H,9-12H2/b8-7+. The molecule has 1 aliphatic rings. The Balaban J connectivity index is 1.70. The molecule has 1 aromatic carbocycles. The van der Waals surface area contributed by atoms with Crippen LogP contribution in [-0.2, 0) is 21.0 Å². The Morgan fingerprint density at radius 3 is 2.32 bits per heavy atom. The Bertz CT molecular complexity index is 961. The van der Waals surface area contributed by atoms with Gasteiger partial charge in [-0.2, -0.15) is 17.5 Å². The summed E-state index contributed by atoms with van der Waals surface area (Å²) in [5.41, 5.74) is -1.20. The van der Waals surface area contributed by atoms with E-state index in [0.29, 0.717) is 5.76 Å². The van der Waals surface area contributed by atoms with Crippen LogP contribution >= 0.6 is 0 Å². The summed E-state index contributed by atoms with van der Waals surface area (Å²) in [6.07, 6.45) is -0.516. The van der Waals surface area contributed by atoms with E-state index in [-0.39, 0.29) is 32.1 Å². The Labute approximate surface area is 159 Å². The second kappa shape index (κ2) is 7.80. The number of nitrogens with zero attached hydrogens (tertiary/aromatic N) is 2. The molecule has 150 valence electrons. The van der Waals surface area contributed by atoms with Gasteiger partial charge in [0.25, 0.3) is 0 Å². The Hall–Kier alpha value is -2.59. The summed E-state index contributed by atoms with van der Waals surface area (Å²) in [7, 11) is -4.33. The van der Waals surface area contributed by atoms with Crippen molar-refractivity contribution in [2.45, 2.75) is 11.1 Å². The molecule has 2 aromatic rings. The minimum absolute atomic E-state index is 0.0781. The van der Waals surface area contributed by atoms with Crippen molar-refractivity contribution in [3.05, 3.63) is 60.1 Å². The van der Waals surface area contributed by atoms with Crippen molar-refractivity contribution in [2.75, 3.05) is 26.2 Å². The number of carbonyl (C=O) groups excluding carboxylic acids is 1. The predicted octanol–water partition coefficient (Wildman–Crippen LogP) is 2.84. The Kier molecular flexibility index (Phi) is 5.61. The lowest BCUT2D eigenvalue weighted by molar-refractivity contribution is -0.139. The molecule has 0 unspecified atom stereocenters. The molecule has 1 saturated heterocycles. The van der Waals surface area contributed by atoms with Gasteiger partial charge in [-0.05, 0) is 30.3 Å². The zero-order chi connectivity index (χ0) is 20.4. The smallest absolute Gasteiger partial charge is 0.417 e. The van der Waals surface area contributed by atoms with Gasteiger partial charge in [-0.15, -0.1) is 0 Å². The van der Waals surface area contributed by atoms with E-state index in [1.807, 2.05) is 0 Å². The predicted molar refractivity (Wildman–Crippen MR) is 94.5 cm³/mol. The lowest BCUT2D eigenvalue weighted by Gasteiger charge is -2.33. The fourth-order valence-electron chi connectivity index (χ4n) is 2.86. The van der Waals surface area contributed by atoms with Gasteiger partial charge in [-0.3, -0.25) is 4.79 Å². The van der Waals surface area contributed by atoms with E-state index in [1.54, 1.807) is 12.1 Å². The van der Waals surface area contributed by atoms with E-state index in [1.165, 1.54) is 29.4 Å². The third kappa shape index (κ3) is 4.28. The summed E-state index contributed by atoms with van der Waals surface area (Å²) in [5, 5.41) is 0. The molecule has 1 amide bonds. The minimum Gasteiger partial charge on any atom is -0.465 e. The van der Waals surface area contributed by atoms with Crippen molar-refractivity contribution < 1.29 is 30.8 Å². The molecule has 0 spiro atoms. The van der Waals surface area contributed by atoms with Crippen molar-refractivity contribution in [1.29, 1.82) is 0 Å². The number of sulfonamides is 1. The number of hydrogen-bond acceptors (Lipinski definition) is 4. The number of benzene rings is 1. The van der Waals surface area contributed by atoms with Gasteiger partial charge < -0.3 is 9.32 Å². The summed E-state index contributed by atoms with van der Waals surface area (Å²) in [6, 6.07) is 7.43. The van der Waals surface area contributed by atoms with Crippen LogP contribution in [0.2, 0.25) is 0 Å². The number of carbonyl (C=O) groups is 1. The zero-order valence-electron chi connectivity index (χ0n) is 14.6. The fourth-order valence-corrected chi connectivity index (χ4v) is 4.49.